The highest BCUT2D eigenvalue weighted by molar-refractivity contribution is 8.00. The number of amides is 1. The Labute approximate surface area is 168 Å². The molecule has 0 aliphatic rings. The van der Waals surface area contributed by atoms with Crippen LogP contribution in [0.15, 0.2) is 59.8 Å². The molecule has 1 atom stereocenters. The normalized spacial score (nSPS) is 11.8. The lowest BCUT2D eigenvalue weighted by Crippen LogP contribution is -2.36. The molecule has 0 N–H and O–H groups in total. The average Bonchev–Trinajstić information content (AvgIpc) is 3.20. The summed E-state index contributed by atoms with van der Waals surface area (Å²) in [6.07, 6.45) is 0. The molecule has 3 aromatic rings. The maximum absolute atomic E-state index is 13.0. The molecule has 0 spiro atoms. The number of carbonyl (C=O) groups excluding carboxylic acids is 1. The van der Waals surface area contributed by atoms with Crippen LogP contribution in [-0.4, -0.2) is 49.9 Å². The number of carbonyl (C=O) groups is 1. The van der Waals surface area contributed by atoms with Gasteiger partial charge in [0, 0.05) is 13.1 Å². The Morgan fingerprint density at radius 2 is 1.89 bits per heavy atom. The largest absolute Gasteiger partial charge is 0.494 e. The molecule has 0 aliphatic carbocycles. The van der Waals surface area contributed by atoms with Crippen molar-refractivity contribution in [3.8, 4) is 11.4 Å². The smallest absolute Gasteiger partial charge is 0.236 e. The minimum Gasteiger partial charge on any atom is -0.494 e. The van der Waals surface area contributed by atoms with Crippen LogP contribution in [0.25, 0.3) is 5.69 Å². The summed E-state index contributed by atoms with van der Waals surface area (Å²) >= 11 is 1.33. The summed E-state index contributed by atoms with van der Waals surface area (Å²) in [6.45, 7) is 5.08. The third-order valence-electron chi connectivity index (χ3n) is 4.29. The molecule has 146 valence electrons. The van der Waals surface area contributed by atoms with E-state index in [0.29, 0.717) is 24.0 Å². The molecule has 1 aromatic heterocycles. The second-order valence-electron chi connectivity index (χ2n) is 6.14. The highest BCUT2D eigenvalue weighted by Crippen LogP contribution is 2.28. The first-order valence-electron chi connectivity index (χ1n) is 9.05. The third kappa shape index (κ3) is 4.51. The Kier molecular flexibility index (Phi) is 6.65. The molecule has 0 saturated carbocycles. The van der Waals surface area contributed by atoms with E-state index >= 15 is 0 Å². The Morgan fingerprint density at radius 1 is 1.18 bits per heavy atom. The van der Waals surface area contributed by atoms with Gasteiger partial charge in [-0.25, -0.2) is 0 Å². The van der Waals surface area contributed by atoms with Crippen LogP contribution in [0.4, 0.5) is 0 Å². The van der Waals surface area contributed by atoms with E-state index in [1.807, 2.05) is 73.3 Å². The second kappa shape index (κ2) is 9.36. The van der Waals surface area contributed by atoms with Crippen LogP contribution in [0.2, 0.25) is 0 Å². The van der Waals surface area contributed by atoms with E-state index in [1.54, 1.807) is 11.8 Å². The molecule has 1 heterocycles. The number of nitrogens with zero attached hydrogens (tertiary/aromatic N) is 5. The number of hydrogen-bond donors (Lipinski definition) is 0. The number of tetrazole rings is 1. The standard InChI is InChI=1S/C20H23N5O2S/c1-4-24(14-16-10-6-5-7-11-16)19(26)15(2)28-20-21-22-23-25(20)17-12-8-9-13-18(17)27-3/h5-13,15H,4,14H2,1-3H3/t15-/m0/s1. The Morgan fingerprint density at radius 3 is 2.61 bits per heavy atom. The second-order valence-corrected chi connectivity index (χ2v) is 7.45. The van der Waals surface area contributed by atoms with Crippen LogP contribution >= 0.6 is 11.8 Å². The summed E-state index contributed by atoms with van der Waals surface area (Å²) in [5, 5.41) is 12.2. The number of thioether (sulfide) groups is 1. The molecule has 3 rings (SSSR count). The van der Waals surface area contributed by atoms with E-state index in [4.69, 9.17) is 4.74 Å². The lowest BCUT2D eigenvalue weighted by Gasteiger charge is -2.24. The number of benzene rings is 2. The van der Waals surface area contributed by atoms with Gasteiger partial charge in [-0.15, -0.1) is 5.10 Å². The van der Waals surface area contributed by atoms with Gasteiger partial charge in [0.15, 0.2) is 0 Å². The first-order valence-corrected chi connectivity index (χ1v) is 9.93. The summed E-state index contributed by atoms with van der Waals surface area (Å²) < 4.78 is 7.00. The molecular formula is C20H23N5O2S. The zero-order valence-corrected chi connectivity index (χ0v) is 17.0. The fraction of sp³-hybridized carbons (Fsp3) is 0.300. The zero-order valence-electron chi connectivity index (χ0n) is 16.1. The van der Waals surface area contributed by atoms with Crippen molar-refractivity contribution in [1.82, 2.24) is 25.1 Å². The first kappa shape index (κ1) is 19.9. The van der Waals surface area contributed by atoms with Crippen molar-refractivity contribution in [2.45, 2.75) is 30.8 Å². The Balaban J connectivity index is 1.75. The van der Waals surface area contributed by atoms with Gasteiger partial charge >= 0.3 is 0 Å². The Hall–Kier alpha value is -2.87. The van der Waals surface area contributed by atoms with Gasteiger partial charge in [0.1, 0.15) is 11.4 Å². The first-order chi connectivity index (χ1) is 13.6. The van der Waals surface area contributed by atoms with Crippen molar-refractivity contribution in [1.29, 1.82) is 0 Å². The molecular weight excluding hydrogens is 374 g/mol. The predicted octanol–water partition coefficient (Wildman–Crippen LogP) is 3.20. The molecule has 0 aliphatic heterocycles. The highest BCUT2D eigenvalue weighted by atomic mass is 32.2. The molecule has 8 heteroatoms. The van der Waals surface area contributed by atoms with Crippen LogP contribution in [0.5, 0.6) is 5.75 Å². The SMILES string of the molecule is CCN(Cc1ccccc1)C(=O)[C@H](C)Sc1nnnn1-c1ccccc1OC. The summed E-state index contributed by atoms with van der Waals surface area (Å²) in [6, 6.07) is 17.5. The lowest BCUT2D eigenvalue weighted by molar-refractivity contribution is -0.130. The highest BCUT2D eigenvalue weighted by Gasteiger charge is 2.24. The lowest BCUT2D eigenvalue weighted by atomic mass is 10.2. The van der Waals surface area contributed by atoms with Gasteiger partial charge in [0.05, 0.1) is 12.4 Å². The van der Waals surface area contributed by atoms with Gasteiger partial charge in [-0.1, -0.05) is 54.2 Å². The summed E-state index contributed by atoms with van der Waals surface area (Å²) in [5.74, 6) is 0.709. The minimum atomic E-state index is -0.330. The number of ether oxygens (including phenoxy) is 1. The summed E-state index contributed by atoms with van der Waals surface area (Å²) in [5.41, 5.74) is 1.84. The van der Waals surface area contributed by atoms with Gasteiger partial charge < -0.3 is 9.64 Å². The van der Waals surface area contributed by atoms with Crippen molar-refractivity contribution in [2.24, 2.45) is 0 Å². The van der Waals surface area contributed by atoms with E-state index in [-0.39, 0.29) is 11.2 Å². The van der Waals surface area contributed by atoms with Crippen molar-refractivity contribution < 1.29 is 9.53 Å². The number of aromatic nitrogens is 4. The van der Waals surface area contributed by atoms with E-state index in [9.17, 15) is 4.79 Å². The van der Waals surface area contributed by atoms with Gasteiger partial charge in [-0.2, -0.15) is 4.68 Å². The van der Waals surface area contributed by atoms with Crippen LogP contribution in [-0.2, 0) is 11.3 Å². The number of para-hydroxylation sites is 2. The average molecular weight is 398 g/mol. The minimum absolute atomic E-state index is 0.0472. The van der Waals surface area contributed by atoms with E-state index in [0.717, 1.165) is 11.3 Å². The molecule has 0 saturated heterocycles. The molecule has 1 amide bonds. The van der Waals surface area contributed by atoms with Crippen molar-refractivity contribution in [2.75, 3.05) is 13.7 Å². The topological polar surface area (TPSA) is 73.1 Å². The van der Waals surface area contributed by atoms with Crippen molar-refractivity contribution in [3.63, 3.8) is 0 Å². The van der Waals surface area contributed by atoms with Gasteiger partial charge in [-0.05, 0) is 42.0 Å². The van der Waals surface area contributed by atoms with E-state index in [2.05, 4.69) is 15.5 Å². The quantitative estimate of drug-likeness (QED) is 0.544. The van der Waals surface area contributed by atoms with Crippen LogP contribution < -0.4 is 4.74 Å². The fourth-order valence-corrected chi connectivity index (χ4v) is 3.71. The Bertz CT molecular complexity index is 916. The molecule has 0 fully saturated rings. The maximum atomic E-state index is 13.0. The number of methoxy groups -OCH3 is 1. The van der Waals surface area contributed by atoms with Gasteiger partial charge in [0.25, 0.3) is 0 Å². The molecule has 0 unspecified atom stereocenters. The monoisotopic (exact) mass is 397 g/mol. The fourth-order valence-electron chi connectivity index (χ4n) is 2.82. The van der Waals surface area contributed by atoms with Gasteiger partial charge in [0.2, 0.25) is 11.1 Å². The molecule has 2 aromatic carbocycles. The van der Waals surface area contributed by atoms with Crippen LogP contribution in [0.3, 0.4) is 0 Å². The van der Waals surface area contributed by atoms with Crippen LogP contribution in [0.1, 0.15) is 19.4 Å². The van der Waals surface area contributed by atoms with Gasteiger partial charge in [-0.3, -0.25) is 4.79 Å². The third-order valence-corrected chi connectivity index (χ3v) is 5.31. The van der Waals surface area contributed by atoms with E-state index in [1.165, 1.54) is 11.8 Å². The predicted molar refractivity (Wildman–Crippen MR) is 109 cm³/mol. The number of hydrogen-bond acceptors (Lipinski definition) is 6. The summed E-state index contributed by atoms with van der Waals surface area (Å²) in [7, 11) is 1.60. The van der Waals surface area contributed by atoms with Crippen LogP contribution in [0, 0.1) is 0 Å². The molecule has 0 radical (unpaired) electrons. The van der Waals surface area contributed by atoms with Crippen molar-refractivity contribution >= 4 is 17.7 Å². The molecule has 7 nitrogen and oxygen atoms in total. The summed E-state index contributed by atoms with van der Waals surface area (Å²) in [4.78, 5) is 14.8. The molecule has 28 heavy (non-hydrogen) atoms. The maximum Gasteiger partial charge on any atom is 0.236 e. The van der Waals surface area contributed by atoms with E-state index < -0.39 is 0 Å². The van der Waals surface area contributed by atoms with Crippen molar-refractivity contribution in [3.05, 3.63) is 60.2 Å². The number of rotatable bonds is 8. The molecule has 0 bridgehead atoms. The zero-order chi connectivity index (χ0) is 19.9.